The first-order chi connectivity index (χ1) is 15.4. The number of H-pyrrole nitrogens is 1. The molecule has 0 aliphatic carbocycles. The van der Waals surface area contributed by atoms with Gasteiger partial charge in [0.25, 0.3) is 5.56 Å². The van der Waals surface area contributed by atoms with Gasteiger partial charge in [-0.15, -0.1) is 0 Å². The minimum Gasteiger partial charge on any atom is -0.507 e. The summed E-state index contributed by atoms with van der Waals surface area (Å²) in [4.78, 5) is 35.3. The van der Waals surface area contributed by atoms with E-state index < -0.39 is 0 Å². The molecule has 0 saturated carbocycles. The van der Waals surface area contributed by atoms with Crippen LogP contribution in [0.4, 0.5) is 0 Å². The molecule has 0 fully saturated rings. The van der Waals surface area contributed by atoms with E-state index in [1.54, 1.807) is 36.5 Å². The van der Waals surface area contributed by atoms with Crippen LogP contribution in [0, 0.1) is 0 Å². The Bertz CT molecular complexity index is 1350. The number of nitrogens with one attached hydrogen (secondary N) is 1. The van der Waals surface area contributed by atoms with Crippen molar-refractivity contribution in [2.24, 2.45) is 0 Å². The predicted octanol–water partition coefficient (Wildman–Crippen LogP) is 2.90. The van der Waals surface area contributed by atoms with Crippen LogP contribution in [0.3, 0.4) is 0 Å². The number of carbonyl (C=O) groups excluding carboxylic acids is 1. The second kappa shape index (κ2) is 8.68. The number of fused-ring (bicyclic) bond motifs is 1. The highest BCUT2D eigenvalue weighted by Crippen LogP contribution is 2.28. The van der Waals surface area contributed by atoms with Gasteiger partial charge in [-0.2, -0.15) is 0 Å². The van der Waals surface area contributed by atoms with Gasteiger partial charge in [0.05, 0.1) is 29.3 Å². The lowest BCUT2D eigenvalue weighted by Crippen LogP contribution is -2.19. The van der Waals surface area contributed by atoms with E-state index in [9.17, 15) is 14.7 Å². The van der Waals surface area contributed by atoms with Crippen LogP contribution in [0.1, 0.15) is 15.9 Å². The number of phenolic OH excluding ortho intramolecular Hbond substituents is 1. The fourth-order valence-corrected chi connectivity index (χ4v) is 3.51. The molecule has 0 spiro atoms. The van der Waals surface area contributed by atoms with Gasteiger partial charge >= 0.3 is 0 Å². The number of ether oxygens (including phenoxy) is 1. The van der Waals surface area contributed by atoms with E-state index in [2.05, 4.69) is 9.97 Å². The molecule has 2 N–H and O–H groups in total. The van der Waals surface area contributed by atoms with Crippen molar-refractivity contribution in [3.05, 3.63) is 76.2 Å². The summed E-state index contributed by atoms with van der Waals surface area (Å²) in [7, 11) is 5.41. The number of benzene rings is 2. The summed E-state index contributed by atoms with van der Waals surface area (Å²) in [5.74, 6) is 0.366. The van der Waals surface area contributed by atoms with Gasteiger partial charge in [-0.05, 0) is 50.5 Å². The van der Waals surface area contributed by atoms with Crippen molar-refractivity contribution < 1.29 is 14.6 Å². The van der Waals surface area contributed by atoms with E-state index in [4.69, 9.17) is 4.74 Å². The van der Waals surface area contributed by atoms with Crippen LogP contribution in [-0.4, -0.2) is 58.1 Å². The maximum absolute atomic E-state index is 13.2. The highest BCUT2D eigenvalue weighted by molar-refractivity contribution is 6.11. The molecule has 0 radical (unpaired) electrons. The first kappa shape index (κ1) is 21.3. The lowest BCUT2D eigenvalue weighted by molar-refractivity contribution is 0.103. The largest absolute Gasteiger partial charge is 0.507 e. The van der Waals surface area contributed by atoms with Crippen LogP contribution in [0.15, 0.2) is 59.5 Å². The van der Waals surface area contributed by atoms with Gasteiger partial charge in [0, 0.05) is 24.8 Å². The number of nitrogens with zero attached hydrogens (tertiary/aromatic N) is 3. The first-order valence-electron chi connectivity index (χ1n) is 10.1. The third-order valence-electron chi connectivity index (χ3n) is 5.25. The average Bonchev–Trinajstić information content (AvgIpc) is 3.22. The number of hydrogen-bond acceptors (Lipinski definition) is 6. The van der Waals surface area contributed by atoms with Crippen LogP contribution in [0.5, 0.6) is 11.5 Å². The van der Waals surface area contributed by atoms with Crippen molar-refractivity contribution in [2.75, 3.05) is 27.7 Å². The van der Waals surface area contributed by atoms with Gasteiger partial charge in [0.2, 0.25) is 0 Å². The Labute approximate surface area is 184 Å². The topological polar surface area (TPSA) is 100 Å². The third-order valence-corrected chi connectivity index (χ3v) is 5.25. The van der Waals surface area contributed by atoms with Crippen molar-refractivity contribution in [1.29, 1.82) is 0 Å². The van der Waals surface area contributed by atoms with Crippen molar-refractivity contribution in [1.82, 2.24) is 19.4 Å². The van der Waals surface area contributed by atoms with E-state index in [0.717, 1.165) is 6.54 Å². The second-order valence-corrected chi connectivity index (χ2v) is 7.75. The maximum atomic E-state index is 13.2. The zero-order valence-electron chi connectivity index (χ0n) is 18.1. The Morgan fingerprint density at radius 2 is 1.97 bits per heavy atom. The van der Waals surface area contributed by atoms with E-state index in [1.165, 1.54) is 19.2 Å². The molecule has 0 aliphatic rings. The predicted molar refractivity (Wildman–Crippen MR) is 122 cm³/mol. The lowest BCUT2D eigenvalue weighted by atomic mass is 10.0. The molecule has 32 heavy (non-hydrogen) atoms. The number of para-hydroxylation sites is 1. The number of likely N-dealkylation sites (N-methyl/N-ethyl adjacent to an activating group) is 1. The number of hydrogen-bond donors (Lipinski definition) is 2. The molecular formula is C24H24N4O4. The molecule has 8 nitrogen and oxygen atoms in total. The van der Waals surface area contributed by atoms with E-state index in [1.807, 2.05) is 29.6 Å². The molecule has 0 saturated heterocycles. The van der Waals surface area contributed by atoms with E-state index in [0.29, 0.717) is 40.3 Å². The highest BCUT2D eigenvalue weighted by atomic mass is 16.5. The number of aromatic nitrogens is 3. The molecule has 164 valence electrons. The Balaban J connectivity index is 1.83. The minimum atomic E-state index is -0.352. The summed E-state index contributed by atoms with van der Waals surface area (Å²) in [5, 5.41) is 10.7. The number of aromatic hydroxyl groups is 1. The number of phenols is 1. The molecule has 2 aromatic heterocycles. The first-order valence-corrected chi connectivity index (χ1v) is 10.1. The second-order valence-electron chi connectivity index (χ2n) is 7.75. The van der Waals surface area contributed by atoms with Gasteiger partial charge < -0.3 is 24.3 Å². The Morgan fingerprint density at radius 1 is 1.19 bits per heavy atom. The van der Waals surface area contributed by atoms with Crippen LogP contribution < -0.4 is 10.3 Å². The monoisotopic (exact) mass is 432 g/mol. The van der Waals surface area contributed by atoms with E-state index in [-0.39, 0.29) is 22.7 Å². The summed E-state index contributed by atoms with van der Waals surface area (Å²) >= 11 is 0. The SMILES string of the molecule is COc1ccc(O)c(C(=O)c2cc(-c3nc4ccccc4c(=O)[nH]3)n(CCN(C)C)c2)c1. The molecule has 4 rings (SSSR count). The zero-order valence-corrected chi connectivity index (χ0v) is 18.1. The van der Waals surface area contributed by atoms with Crippen LogP contribution in [0.2, 0.25) is 0 Å². The van der Waals surface area contributed by atoms with Crippen LogP contribution >= 0.6 is 0 Å². The summed E-state index contributed by atoms with van der Waals surface area (Å²) in [6.07, 6.45) is 1.72. The molecule has 0 bridgehead atoms. The Kier molecular flexibility index (Phi) is 5.79. The number of ketones is 1. The molecule has 4 aromatic rings. The number of carbonyl (C=O) groups is 1. The third kappa shape index (κ3) is 4.13. The molecule has 0 amide bonds. The van der Waals surface area contributed by atoms with Crippen molar-refractivity contribution >= 4 is 16.7 Å². The van der Waals surface area contributed by atoms with Crippen molar-refractivity contribution in [2.45, 2.75) is 6.54 Å². The quantitative estimate of drug-likeness (QED) is 0.436. The van der Waals surface area contributed by atoms with Gasteiger partial charge in [0.1, 0.15) is 11.5 Å². The minimum absolute atomic E-state index is 0.129. The number of aromatic amines is 1. The van der Waals surface area contributed by atoms with Crippen molar-refractivity contribution in [3.63, 3.8) is 0 Å². The van der Waals surface area contributed by atoms with Gasteiger partial charge in [-0.3, -0.25) is 9.59 Å². The standard InChI is InChI=1S/C24H24N4O4/c1-27(2)10-11-28-14-15(22(30)18-13-16(32-3)8-9-21(18)29)12-20(28)23-25-19-7-5-4-6-17(19)24(31)26-23/h4-9,12-14,29H,10-11H2,1-3H3,(H,25,26,31). The molecule has 2 aromatic carbocycles. The van der Waals surface area contributed by atoms with Gasteiger partial charge in [-0.1, -0.05) is 12.1 Å². The van der Waals surface area contributed by atoms with Gasteiger partial charge in [-0.25, -0.2) is 4.98 Å². The molecule has 2 heterocycles. The van der Waals surface area contributed by atoms with Gasteiger partial charge in [0.15, 0.2) is 11.6 Å². The number of rotatable bonds is 7. The molecular weight excluding hydrogens is 408 g/mol. The summed E-state index contributed by atoms with van der Waals surface area (Å²) in [6.45, 7) is 1.30. The zero-order chi connectivity index (χ0) is 22.8. The van der Waals surface area contributed by atoms with Crippen LogP contribution in [-0.2, 0) is 6.54 Å². The fourth-order valence-electron chi connectivity index (χ4n) is 3.51. The number of methoxy groups -OCH3 is 1. The maximum Gasteiger partial charge on any atom is 0.259 e. The highest BCUT2D eigenvalue weighted by Gasteiger charge is 2.20. The fraction of sp³-hybridized carbons (Fsp3) is 0.208. The molecule has 0 unspecified atom stereocenters. The Morgan fingerprint density at radius 3 is 2.72 bits per heavy atom. The Hall–Kier alpha value is -3.91. The summed E-state index contributed by atoms with van der Waals surface area (Å²) < 4.78 is 7.08. The summed E-state index contributed by atoms with van der Waals surface area (Å²) in [6, 6.07) is 13.3. The lowest BCUT2D eigenvalue weighted by Gasteiger charge is -2.13. The van der Waals surface area contributed by atoms with Crippen molar-refractivity contribution in [3.8, 4) is 23.0 Å². The normalized spacial score (nSPS) is 11.2. The molecule has 8 heteroatoms. The average molecular weight is 432 g/mol. The molecule has 0 aliphatic heterocycles. The van der Waals surface area contributed by atoms with E-state index >= 15 is 0 Å². The smallest absolute Gasteiger partial charge is 0.259 e. The van der Waals surface area contributed by atoms with Crippen LogP contribution in [0.25, 0.3) is 22.4 Å². The summed E-state index contributed by atoms with van der Waals surface area (Å²) in [5.41, 5.74) is 1.45. The molecule has 0 atom stereocenters.